The summed E-state index contributed by atoms with van der Waals surface area (Å²) in [6.07, 6.45) is 1.73. The van der Waals surface area contributed by atoms with Gasteiger partial charge in [-0.2, -0.15) is 0 Å². The normalized spacial score (nSPS) is 14.4. The van der Waals surface area contributed by atoms with Gasteiger partial charge in [-0.3, -0.25) is 9.59 Å². The second-order valence-electron chi connectivity index (χ2n) is 6.60. The van der Waals surface area contributed by atoms with E-state index in [1.54, 1.807) is 29.7 Å². The van der Waals surface area contributed by atoms with Crippen molar-refractivity contribution in [1.29, 1.82) is 0 Å². The average molecular weight is 397 g/mol. The van der Waals surface area contributed by atoms with E-state index >= 15 is 0 Å². The van der Waals surface area contributed by atoms with Gasteiger partial charge in [0.05, 0.1) is 17.9 Å². The summed E-state index contributed by atoms with van der Waals surface area (Å²) in [5, 5.41) is 7.51. The second kappa shape index (κ2) is 9.99. The molecule has 0 aliphatic carbocycles. The minimum atomic E-state index is -0.343. The lowest BCUT2D eigenvalue weighted by molar-refractivity contribution is -0.116. The average Bonchev–Trinajstić information content (AvgIpc) is 2.74. The molecule has 0 radical (unpaired) electrons. The number of benzene rings is 2. The molecule has 0 bridgehead atoms. The third-order valence-corrected chi connectivity index (χ3v) is 5.16. The fraction of sp³-hybridized carbons (Fsp3) is 0.273. The van der Waals surface area contributed by atoms with Gasteiger partial charge in [-0.1, -0.05) is 42.5 Å². The maximum atomic E-state index is 12.7. The zero-order valence-electron chi connectivity index (χ0n) is 15.8. The summed E-state index contributed by atoms with van der Waals surface area (Å²) >= 11 is 1.54. The topological polar surface area (TPSA) is 67.4 Å². The number of aryl methyl sites for hydroxylation is 1. The molecule has 3 rings (SSSR count). The van der Waals surface area contributed by atoms with Gasteiger partial charge in [0.25, 0.3) is 11.8 Å². The first-order chi connectivity index (χ1) is 13.6. The molecule has 0 saturated heterocycles. The van der Waals surface area contributed by atoms with Gasteiger partial charge in [-0.25, -0.2) is 0 Å². The highest BCUT2D eigenvalue weighted by molar-refractivity contribution is 8.02. The summed E-state index contributed by atoms with van der Waals surface area (Å²) in [4.78, 5) is 25.1. The van der Waals surface area contributed by atoms with E-state index in [4.69, 9.17) is 4.74 Å². The molecule has 2 amide bonds. The Morgan fingerprint density at radius 3 is 2.57 bits per heavy atom. The molecule has 146 valence electrons. The molecule has 1 aliphatic heterocycles. The number of ether oxygens (including phenoxy) is 1. The van der Waals surface area contributed by atoms with E-state index in [-0.39, 0.29) is 23.6 Å². The fourth-order valence-electron chi connectivity index (χ4n) is 2.86. The van der Waals surface area contributed by atoms with E-state index in [1.165, 1.54) is 17.3 Å². The highest BCUT2D eigenvalue weighted by atomic mass is 32.2. The Morgan fingerprint density at radius 1 is 1.07 bits per heavy atom. The standard InChI is InChI=1S/C22H24N2O3S/c1-16(11-12-17-7-3-2-4-8-17)23-21(25)18-9-5-6-10-19(18)24-22(26)20-15-28-14-13-27-20/h2-10,15-16H,11-14H2,1H3,(H,23,25)(H,24,26)/t16-/m1/s1. The first-order valence-electron chi connectivity index (χ1n) is 9.33. The molecule has 0 aromatic heterocycles. The Kier molecular flexibility index (Phi) is 7.14. The van der Waals surface area contributed by atoms with Gasteiger partial charge in [0.15, 0.2) is 5.76 Å². The Hall–Kier alpha value is -2.73. The monoisotopic (exact) mass is 396 g/mol. The van der Waals surface area contributed by atoms with Crippen LogP contribution in [0.1, 0.15) is 29.3 Å². The summed E-state index contributed by atoms with van der Waals surface area (Å²) in [5.41, 5.74) is 2.15. The van der Waals surface area contributed by atoms with Crippen LogP contribution in [-0.4, -0.2) is 30.2 Å². The predicted molar refractivity (Wildman–Crippen MR) is 113 cm³/mol. The van der Waals surface area contributed by atoms with Crippen molar-refractivity contribution >= 4 is 29.3 Å². The summed E-state index contributed by atoms with van der Waals surface area (Å²) < 4.78 is 5.38. The number of thioether (sulfide) groups is 1. The van der Waals surface area contributed by atoms with Crippen molar-refractivity contribution in [3.8, 4) is 0 Å². The molecule has 0 unspecified atom stereocenters. The lowest BCUT2D eigenvalue weighted by atomic mass is 10.1. The smallest absolute Gasteiger partial charge is 0.291 e. The second-order valence-corrected chi connectivity index (χ2v) is 7.58. The SMILES string of the molecule is C[C@H](CCc1ccccc1)NC(=O)c1ccccc1NC(=O)C1=CSCCO1. The van der Waals surface area contributed by atoms with Gasteiger partial charge in [0, 0.05) is 17.2 Å². The van der Waals surface area contributed by atoms with Gasteiger partial charge >= 0.3 is 0 Å². The summed E-state index contributed by atoms with van der Waals surface area (Å²) in [7, 11) is 0. The third kappa shape index (κ3) is 5.63. The van der Waals surface area contributed by atoms with Crippen LogP contribution in [0.15, 0.2) is 65.8 Å². The number of hydrogen-bond acceptors (Lipinski definition) is 4. The van der Waals surface area contributed by atoms with Crippen LogP contribution in [0.5, 0.6) is 0 Å². The molecular weight excluding hydrogens is 372 g/mol. The highest BCUT2D eigenvalue weighted by Crippen LogP contribution is 2.20. The Balaban J connectivity index is 1.60. The highest BCUT2D eigenvalue weighted by Gasteiger charge is 2.19. The summed E-state index contributed by atoms with van der Waals surface area (Å²) in [5.74, 6) is 0.563. The lowest BCUT2D eigenvalue weighted by Gasteiger charge is -2.17. The quantitative estimate of drug-likeness (QED) is 0.743. The fourth-order valence-corrected chi connectivity index (χ4v) is 3.49. The van der Waals surface area contributed by atoms with E-state index in [0.717, 1.165) is 18.6 Å². The predicted octanol–water partition coefficient (Wildman–Crippen LogP) is 3.98. The molecule has 1 aliphatic rings. The zero-order valence-corrected chi connectivity index (χ0v) is 16.6. The maximum absolute atomic E-state index is 12.7. The van der Waals surface area contributed by atoms with Crippen molar-refractivity contribution in [1.82, 2.24) is 5.32 Å². The number of carbonyl (C=O) groups excluding carboxylic acids is 2. The largest absolute Gasteiger partial charge is 0.487 e. The minimum absolute atomic E-state index is 0.0113. The summed E-state index contributed by atoms with van der Waals surface area (Å²) in [6.45, 7) is 2.49. The maximum Gasteiger partial charge on any atom is 0.291 e. The van der Waals surface area contributed by atoms with Crippen LogP contribution >= 0.6 is 11.8 Å². The molecule has 0 fully saturated rings. The molecule has 2 aromatic carbocycles. The molecule has 5 nitrogen and oxygen atoms in total. The van der Waals surface area contributed by atoms with Crippen LogP contribution in [0.25, 0.3) is 0 Å². The van der Waals surface area contributed by atoms with Gasteiger partial charge in [0.1, 0.15) is 0 Å². The molecule has 2 aromatic rings. The van der Waals surface area contributed by atoms with E-state index < -0.39 is 0 Å². The van der Waals surface area contributed by atoms with Gasteiger partial charge in [0.2, 0.25) is 0 Å². The van der Waals surface area contributed by atoms with Gasteiger partial charge in [-0.15, -0.1) is 11.8 Å². The number of amides is 2. The van der Waals surface area contributed by atoms with Crippen LogP contribution in [0.2, 0.25) is 0 Å². The summed E-state index contributed by atoms with van der Waals surface area (Å²) in [6, 6.07) is 17.2. The molecule has 1 heterocycles. The van der Waals surface area contributed by atoms with E-state index in [0.29, 0.717) is 17.9 Å². The Labute approximate surface area is 169 Å². The third-order valence-electron chi connectivity index (χ3n) is 4.38. The number of anilines is 1. The number of hydrogen-bond donors (Lipinski definition) is 2. The number of rotatable bonds is 7. The van der Waals surface area contributed by atoms with Crippen LogP contribution in [0, 0.1) is 0 Å². The minimum Gasteiger partial charge on any atom is -0.487 e. The van der Waals surface area contributed by atoms with Crippen LogP contribution in [0.4, 0.5) is 5.69 Å². The number of para-hydroxylation sites is 1. The van der Waals surface area contributed by atoms with E-state index in [9.17, 15) is 9.59 Å². The first-order valence-corrected chi connectivity index (χ1v) is 10.4. The molecule has 2 N–H and O–H groups in total. The van der Waals surface area contributed by atoms with Gasteiger partial charge < -0.3 is 15.4 Å². The van der Waals surface area contributed by atoms with Crippen molar-refractivity contribution in [2.24, 2.45) is 0 Å². The molecule has 0 spiro atoms. The molecule has 28 heavy (non-hydrogen) atoms. The lowest BCUT2D eigenvalue weighted by Crippen LogP contribution is -2.33. The molecule has 6 heteroatoms. The molecule has 1 atom stereocenters. The van der Waals surface area contributed by atoms with Gasteiger partial charge in [-0.05, 0) is 37.5 Å². The Bertz CT molecular complexity index is 852. The van der Waals surface area contributed by atoms with Crippen LogP contribution in [0.3, 0.4) is 0 Å². The Morgan fingerprint density at radius 2 is 1.82 bits per heavy atom. The van der Waals surface area contributed by atoms with Crippen molar-refractivity contribution in [2.75, 3.05) is 17.7 Å². The van der Waals surface area contributed by atoms with E-state index in [2.05, 4.69) is 22.8 Å². The first kappa shape index (κ1) is 20.0. The van der Waals surface area contributed by atoms with Crippen molar-refractivity contribution in [3.05, 3.63) is 76.9 Å². The van der Waals surface area contributed by atoms with Crippen LogP contribution in [-0.2, 0) is 16.0 Å². The molecule has 0 saturated carbocycles. The van der Waals surface area contributed by atoms with Crippen molar-refractivity contribution in [3.63, 3.8) is 0 Å². The van der Waals surface area contributed by atoms with Crippen molar-refractivity contribution < 1.29 is 14.3 Å². The zero-order chi connectivity index (χ0) is 19.8. The number of carbonyl (C=O) groups is 2. The number of nitrogens with one attached hydrogen (secondary N) is 2. The molecular formula is C22H24N2O3S. The van der Waals surface area contributed by atoms with Crippen LogP contribution < -0.4 is 10.6 Å². The van der Waals surface area contributed by atoms with Crippen molar-refractivity contribution in [2.45, 2.75) is 25.8 Å². The van der Waals surface area contributed by atoms with E-state index in [1.807, 2.05) is 25.1 Å².